The molecule has 1 saturated heterocycles. The predicted molar refractivity (Wildman–Crippen MR) is 150 cm³/mol. The molecule has 1 amide bonds. The van der Waals surface area contributed by atoms with E-state index in [1.165, 1.54) is 6.07 Å². The molecule has 9 nitrogen and oxygen atoms in total. The molecule has 1 aliphatic heterocycles. The van der Waals surface area contributed by atoms with Gasteiger partial charge in [-0.05, 0) is 54.7 Å². The Labute approximate surface area is 230 Å². The minimum absolute atomic E-state index is 0.143. The topological polar surface area (TPSA) is 117 Å². The minimum atomic E-state index is -1.04. The number of anilines is 1. The van der Waals surface area contributed by atoms with Crippen LogP contribution in [0, 0.1) is 0 Å². The second-order valence-corrected chi connectivity index (χ2v) is 9.26. The lowest BCUT2D eigenvalue weighted by atomic mass is 10.0. The van der Waals surface area contributed by atoms with Crippen LogP contribution in [0.3, 0.4) is 0 Å². The van der Waals surface area contributed by atoms with Gasteiger partial charge in [0.2, 0.25) is 5.91 Å². The maximum atomic E-state index is 12.9. The number of carboxylic acid groups (broad SMARTS) is 1. The van der Waals surface area contributed by atoms with Crippen LogP contribution in [0.5, 0.6) is 5.75 Å². The van der Waals surface area contributed by atoms with Crippen LogP contribution in [-0.4, -0.2) is 45.6 Å². The van der Waals surface area contributed by atoms with Crippen molar-refractivity contribution in [2.45, 2.75) is 18.5 Å². The summed E-state index contributed by atoms with van der Waals surface area (Å²) in [6, 6.07) is 22.3. The molecule has 10 heteroatoms. The lowest BCUT2D eigenvalue weighted by Crippen LogP contribution is -2.32. The third-order valence-electron chi connectivity index (χ3n) is 6.50. The van der Waals surface area contributed by atoms with Crippen molar-refractivity contribution in [2.24, 2.45) is 0 Å². The fourth-order valence-corrected chi connectivity index (χ4v) is 5.01. The molecule has 2 atom stereocenters. The summed E-state index contributed by atoms with van der Waals surface area (Å²) in [4.78, 5) is 31.1. The molecular formula is C29H26N4O5S. The first-order chi connectivity index (χ1) is 19.0. The Hall–Kier alpha value is -4.70. The van der Waals surface area contributed by atoms with Gasteiger partial charge in [-0.25, -0.2) is 4.79 Å². The predicted octanol–water partition coefficient (Wildman–Crippen LogP) is 5.05. The molecule has 1 aliphatic rings. The number of benzene rings is 2. The molecule has 2 aromatic carbocycles. The molecule has 0 spiro atoms. The van der Waals surface area contributed by atoms with E-state index in [0.29, 0.717) is 40.2 Å². The number of aromatic nitrogens is 1. The van der Waals surface area contributed by atoms with Gasteiger partial charge in [0.15, 0.2) is 5.11 Å². The van der Waals surface area contributed by atoms with Gasteiger partial charge in [0.1, 0.15) is 23.3 Å². The number of furan rings is 1. The number of carbonyl (C=O) groups is 2. The number of carboxylic acids is 1. The zero-order valence-electron chi connectivity index (χ0n) is 21.0. The lowest BCUT2D eigenvalue weighted by molar-refractivity contribution is -0.116. The number of methoxy groups -OCH3 is 1. The standard InChI is InChI=1S/C29H26N4O5S/c1-37-23-12-5-4-10-20(23)31-25(34)15-17-33-27(26(32-29(33)39)21-11-6-7-16-30-21)24-14-13-22(38-24)18-8-2-3-9-19(18)28(35)36/h2-14,16,26-27H,15,17H2,1H3,(H,31,34)(H,32,39)(H,35,36). The van der Waals surface area contributed by atoms with E-state index < -0.39 is 12.0 Å². The molecule has 1 fully saturated rings. The number of nitrogens with zero attached hydrogens (tertiary/aromatic N) is 2. The van der Waals surface area contributed by atoms with Gasteiger partial charge >= 0.3 is 5.97 Å². The molecule has 2 aromatic heterocycles. The number of hydrogen-bond donors (Lipinski definition) is 3. The van der Waals surface area contributed by atoms with Gasteiger partial charge in [-0.2, -0.15) is 0 Å². The summed E-state index contributed by atoms with van der Waals surface area (Å²) in [5.74, 6) is 0.328. The Balaban J connectivity index is 1.42. The quantitative estimate of drug-likeness (QED) is 0.250. The molecule has 0 aliphatic carbocycles. The Bertz CT molecular complexity index is 1510. The highest BCUT2D eigenvalue weighted by Crippen LogP contribution is 2.41. The maximum Gasteiger partial charge on any atom is 0.336 e. The van der Waals surface area contributed by atoms with E-state index in [-0.39, 0.29) is 23.9 Å². The van der Waals surface area contributed by atoms with Crippen molar-refractivity contribution in [3.8, 4) is 17.1 Å². The van der Waals surface area contributed by atoms with Crippen LogP contribution in [0.4, 0.5) is 5.69 Å². The fraction of sp³-hybridized carbons (Fsp3) is 0.172. The van der Waals surface area contributed by atoms with Gasteiger partial charge in [0.25, 0.3) is 0 Å². The van der Waals surface area contributed by atoms with Crippen molar-refractivity contribution >= 4 is 34.9 Å². The van der Waals surface area contributed by atoms with Crippen molar-refractivity contribution in [2.75, 3.05) is 19.0 Å². The monoisotopic (exact) mass is 542 g/mol. The van der Waals surface area contributed by atoms with Gasteiger partial charge in [-0.15, -0.1) is 0 Å². The third kappa shape index (κ3) is 5.46. The van der Waals surface area contributed by atoms with Crippen molar-refractivity contribution in [3.05, 3.63) is 102 Å². The second kappa shape index (κ2) is 11.4. The van der Waals surface area contributed by atoms with Crippen LogP contribution < -0.4 is 15.4 Å². The molecule has 39 heavy (non-hydrogen) atoms. The number of aromatic carboxylic acids is 1. The molecule has 0 bridgehead atoms. The van der Waals surface area contributed by atoms with Crippen molar-refractivity contribution in [1.82, 2.24) is 15.2 Å². The number of hydrogen-bond acceptors (Lipinski definition) is 6. The van der Waals surface area contributed by atoms with Crippen molar-refractivity contribution in [1.29, 1.82) is 0 Å². The highest BCUT2D eigenvalue weighted by molar-refractivity contribution is 7.80. The Morgan fingerprint density at radius 3 is 2.62 bits per heavy atom. The summed E-state index contributed by atoms with van der Waals surface area (Å²) in [5.41, 5.74) is 1.96. The first-order valence-electron chi connectivity index (χ1n) is 12.3. The van der Waals surface area contributed by atoms with Crippen molar-refractivity contribution < 1.29 is 23.8 Å². The normalized spacial score (nSPS) is 16.5. The largest absolute Gasteiger partial charge is 0.495 e. The molecule has 3 N–H and O–H groups in total. The van der Waals surface area contributed by atoms with Crippen LogP contribution in [-0.2, 0) is 4.79 Å². The van der Waals surface area contributed by atoms with E-state index in [4.69, 9.17) is 21.4 Å². The SMILES string of the molecule is COc1ccccc1NC(=O)CCN1C(=S)NC(c2ccccn2)C1c1ccc(-c2ccccc2C(=O)O)o1. The van der Waals surface area contributed by atoms with Crippen LogP contribution in [0.1, 0.15) is 40.3 Å². The smallest absolute Gasteiger partial charge is 0.336 e. The summed E-state index contributed by atoms with van der Waals surface area (Å²) in [7, 11) is 1.55. The number of amides is 1. The molecule has 198 valence electrons. The second-order valence-electron chi connectivity index (χ2n) is 8.87. The Morgan fingerprint density at radius 1 is 1.08 bits per heavy atom. The van der Waals surface area contributed by atoms with Gasteiger partial charge in [0, 0.05) is 24.7 Å². The summed E-state index contributed by atoms with van der Waals surface area (Å²) < 4.78 is 11.6. The number of thiocarbonyl (C=S) groups is 1. The number of pyridine rings is 1. The van der Waals surface area contributed by atoms with Gasteiger partial charge < -0.3 is 29.8 Å². The van der Waals surface area contributed by atoms with Gasteiger partial charge in [0.05, 0.1) is 30.1 Å². The molecule has 2 unspecified atom stereocenters. The van der Waals surface area contributed by atoms with Crippen LogP contribution in [0.15, 0.2) is 89.5 Å². The van der Waals surface area contributed by atoms with Crippen molar-refractivity contribution in [3.63, 3.8) is 0 Å². The van der Waals surface area contributed by atoms with Crippen LogP contribution in [0.2, 0.25) is 0 Å². The van der Waals surface area contributed by atoms with E-state index in [0.717, 1.165) is 5.69 Å². The number of carbonyl (C=O) groups excluding carboxylic acids is 1. The summed E-state index contributed by atoms with van der Waals surface area (Å²) in [6.45, 7) is 0.308. The third-order valence-corrected chi connectivity index (χ3v) is 6.85. The number of nitrogens with one attached hydrogen (secondary N) is 2. The summed E-state index contributed by atoms with van der Waals surface area (Å²) in [6.07, 6.45) is 1.86. The highest BCUT2D eigenvalue weighted by Gasteiger charge is 2.41. The molecule has 5 rings (SSSR count). The summed E-state index contributed by atoms with van der Waals surface area (Å²) in [5, 5.41) is 16.3. The average Bonchev–Trinajstić information content (AvgIpc) is 3.57. The van der Waals surface area contributed by atoms with Gasteiger partial charge in [-0.3, -0.25) is 9.78 Å². The fourth-order valence-electron chi connectivity index (χ4n) is 4.68. The Kier molecular flexibility index (Phi) is 7.55. The van der Waals surface area contributed by atoms with E-state index >= 15 is 0 Å². The summed E-state index contributed by atoms with van der Waals surface area (Å²) >= 11 is 5.69. The minimum Gasteiger partial charge on any atom is -0.495 e. The van der Waals surface area contributed by atoms with E-state index in [1.54, 1.807) is 49.7 Å². The van der Waals surface area contributed by atoms with E-state index in [2.05, 4.69) is 15.6 Å². The molecule has 0 radical (unpaired) electrons. The first-order valence-corrected chi connectivity index (χ1v) is 12.7. The lowest BCUT2D eigenvalue weighted by Gasteiger charge is -2.26. The van der Waals surface area contributed by atoms with E-state index in [1.807, 2.05) is 41.3 Å². The Morgan fingerprint density at radius 2 is 1.85 bits per heavy atom. The van der Waals surface area contributed by atoms with E-state index in [9.17, 15) is 14.7 Å². The average molecular weight is 543 g/mol. The molecule has 3 heterocycles. The number of rotatable bonds is 9. The molecule has 0 saturated carbocycles. The van der Waals surface area contributed by atoms with Crippen LogP contribution >= 0.6 is 12.2 Å². The first kappa shape index (κ1) is 25.9. The highest BCUT2D eigenvalue weighted by atomic mass is 32.1. The number of para-hydroxylation sites is 2. The van der Waals surface area contributed by atoms with Gasteiger partial charge in [-0.1, -0.05) is 36.4 Å². The van der Waals surface area contributed by atoms with Crippen LogP contribution in [0.25, 0.3) is 11.3 Å². The zero-order valence-corrected chi connectivity index (χ0v) is 21.9. The molecular weight excluding hydrogens is 516 g/mol. The number of ether oxygens (including phenoxy) is 1. The zero-order chi connectivity index (χ0) is 27.4. The molecule has 4 aromatic rings. The maximum absolute atomic E-state index is 12.9.